The molecule has 0 saturated heterocycles. The van der Waals surface area contributed by atoms with Gasteiger partial charge in [-0.05, 0) is 61.7 Å². The van der Waals surface area contributed by atoms with Crippen LogP contribution in [-0.2, 0) is 26.2 Å². The predicted molar refractivity (Wildman–Crippen MR) is 151 cm³/mol. The highest BCUT2D eigenvalue weighted by Gasteiger charge is 2.33. The number of aryl methyl sites for hydroxylation is 1. The molecule has 0 fully saturated rings. The van der Waals surface area contributed by atoms with E-state index < -0.39 is 34.3 Å². The van der Waals surface area contributed by atoms with E-state index in [0.29, 0.717) is 13.0 Å². The summed E-state index contributed by atoms with van der Waals surface area (Å²) in [5, 5.41) is 2.90. The van der Waals surface area contributed by atoms with Crippen LogP contribution in [0.2, 0.25) is 0 Å². The van der Waals surface area contributed by atoms with Crippen molar-refractivity contribution in [2.45, 2.75) is 57.5 Å². The number of unbranched alkanes of at least 4 members (excludes halogenated alkanes) is 1. The summed E-state index contributed by atoms with van der Waals surface area (Å²) in [7, 11) is -4.19. The molecule has 3 rings (SSSR count). The van der Waals surface area contributed by atoms with Crippen molar-refractivity contribution in [3.63, 3.8) is 0 Å². The molecule has 0 bridgehead atoms. The average molecular weight is 554 g/mol. The van der Waals surface area contributed by atoms with Gasteiger partial charge in [-0.3, -0.25) is 13.9 Å². The minimum atomic E-state index is -4.19. The van der Waals surface area contributed by atoms with E-state index in [1.54, 1.807) is 12.1 Å². The Kier molecular flexibility index (Phi) is 10.6. The Balaban J connectivity index is 2.01. The van der Waals surface area contributed by atoms with E-state index in [1.807, 2.05) is 51.1 Å². The van der Waals surface area contributed by atoms with E-state index in [0.717, 1.165) is 40.4 Å². The van der Waals surface area contributed by atoms with Crippen molar-refractivity contribution >= 4 is 27.5 Å². The normalized spacial score (nSPS) is 12.0. The zero-order valence-corrected chi connectivity index (χ0v) is 23.5. The first kappa shape index (κ1) is 29.8. The number of hydrogen-bond donors (Lipinski definition) is 1. The fourth-order valence-corrected chi connectivity index (χ4v) is 5.59. The van der Waals surface area contributed by atoms with Gasteiger partial charge in [0.05, 0.1) is 10.6 Å². The number of sulfonamides is 1. The second-order valence-electron chi connectivity index (χ2n) is 9.38. The van der Waals surface area contributed by atoms with Crippen LogP contribution in [0.4, 0.5) is 10.1 Å². The molecule has 0 aromatic heterocycles. The molecule has 0 saturated carbocycles. The average Bonchev–Trinajstić information content (AvgIpc) is 2.93. The maximum atomic E-state index is 13.9. The fraction of sp³-hybridized carbons (Fsp3) is 0.333. The van der Waals surface area contributed by atoms with Crippen molar-refractivity contribution in [3.05, 3.63) is 95.8 Å². The molecule has 1 N–H and O–H groups in total. The van der Waals surface area contributed by atoms with Crippen molar-refractivity contribution in [1.29, 1.82) is 0 Å². The molecule has 208 valence electrons. The largest absolute Gasteiger partial charge is 0.354 e. The first-order valence-electron chi connectivity index (χ1n) is 13.1. The standard InChI is InChI=1S/C30H36FN3O4S/c1-4-6-20-32-30(36)28(5-2)33(21-24-10-8-7-9-11-24)29(35)22-34(26-16-14-25(31)15-17-26)39(37,38)27-18-12-23(3)13-19-27/h7-19,28H,4-6,20-22H2,1-3H3,(H,32,36). The van der Waals surface area contributed by atoms with Gasteiger partial charge in [0.1, 0.15) is 18.4 Å². The molecule has 7 nitrogen and oxygen atoms in total. The van der Waals surface area contributed by atoms with E-state index in [9.17, 15) is 22.4 Å². The number of carbonyl (C=O) groups is 2. The lowest BCUT2D eigenvalue weighted by molar-refractivity contribution is -0.140. The summed E-state index contributed by atoms with van der Waals surface area (Å²) in [6, 6.07) is 19.7. The third-order valence-electron chi connectivity index (χ3n) is 6.41. The van der Waals surface area contributed by atoms with Crippen LogP contribution < -0.4 is 9.62 Å². The van der Waals surface area contributed by atoms with Crippen LogP contribution in [0.3, 0.4) is 0 Å². The summed E-state index contributed by atoms with van der Waals surface area (Å²) < 4.78 is 42.2. The first-order valence-corrected chi connectivity index (χ1v) is 14.6. The maximum absolute atomic E-state index is 13.9. The summed E-state index contributed by atoms with van der Waals surface area (Å²) in [4.78, 5) is 28.5. The molecule has 3 aromatic rings. The van der Waals surface area contributed by atoms with Gasteiger partial charge in [-0.2, -0.15) is 0 Å². The van der Waals surface area contributed by atoms with E-state index in [-0.39, 0.29) is 23.0 Å². The lowest BCUT2D eigenvalue weighted by Crippen LogP contribution is -2.52. The van der Waals surface area contributed by atoms with Gasteiger partial charge in [-0.1, -0.05) is 68.3 Å². The molecule has 1 unspecified atom stereocenters. The highest BCUT2D eigenvalue weighted by Crippen LogP contribution is 2.25. The highest BCUT2D eigenvalue weighted by atomic mass is 32.2. The number of hydrogen-bond acceptors (Lipinski definition) is 4. The number of halogens is 1. The molecule has 0 radical (unpaired) electrons. The molecule has 0 aliphatic rings. The van der Waals surface area contributed by atoms with Crippen LogP contribution in [0, 0.1) is 12.7 Å². The van der Waals surface area contributed by atoms with E-state index in [1.165, 1.54) is 29.2 Å². The van der Waals surface area contributed by atoms with Crippen molar-refractivity contribution < 1.29 is 22.4 Å². The van der Waals surface area contributed by atoms with Crippen LogP contribution >= 0.6 is 0 Å². The van der Waals surface area contributed by atoms with Crippen molar-refractivity contribution in [2.24, 2.45) is 0 Å². The van der Waals surface area contributed by atoms with E-state index in [2.05, 4.69) is 5.32 Å². The van der Waals surface area contributed by atoms with Crippen LogP contribution in [0.5, 0.6) is 0 Å². The summed E-state index contributed by atoms with van der Waals surface area (Å²) in [6.07, 6.45) is 2.06. The molecule has 0 aliphatic heterocycles. The molecule has 39 heavy (non-hydrogen) atoms. The predicted octanol–water partition coefficient (Wildman–Crippen LogP) is 5.05. The Morgan fingerprint density at radius 2 is 1.56 bits per heavy atom. The molecule has 0 spiro atoms. The lowest BCUT2D eigenvalue weighted by atomic mass is 10.1. The third kappa shape index (κ3) is 7.89. The Morgan fingerprint density at radius 1 is 0.923 bits per heavy atom. The summed E-state index contributed by atoms with van der Waals surface area (Å²) >= 11 is 0. The van der Waals surface area contributed by atoms with Crippen molar-refractivity contribution in [3.8, 4) is 0 Å². The monoisotopic (exact) mass is 553 g/mol. The Hall–Kier alpha value is -3.72. The van der Waals surface area contributed by atoms with Crippen molar-refractivity contribution in [1.82, 2.24) is 10.2 Å². The lowest BCUT2D eigenvalue weighted by Gasteiger charge is -2.33. The number of anilines is 1. The quantitative estimate of drug-likeness (QED) is 0.300. The summed E-state index contributed by atoms with van der Waals surface area (Å²) in [6.45, 7) is 5.73. The Bertz CT molecular complexity index is 1330. The Morgan fingerprint density at radius 3 is 2.15 bits per heavy atom. The molecular formula is C30H36FN3O4S. The molecule has 9 heteroatoms. The molecule has 0 aliphatic carbocycles. The number of rotatable bonds is 13. The molecular weight excluding hydrogens is 517 g/mol. The third-order valence-corrected chi connectivity index (χ3v) is 8.20. The molecule has 0 heterocycles. The van der Waals surface area contributed by atoms with Gasteiger partial charge < -0.3 is 10.2 Å². The minimum absolute atomic E-state index is 0.00387. The van der Waals surface area contributed by atoms with Crippen LogP contribution in [0.25, 0.3) is 0 Å². The van der Waals surface area contributed by atoms with Crippen LogP contribution in [0.1, 0.15) is 44.2 Å². The fourth-order valence-electron chi connectivity index (χ4n) is 4.18. The van der Waals surface area contributed by atoms with E-state index >= 15 is 0 Å². The van der Waals surface area contributed by atoms with Gasteiger partial charge in [0, 0.05) is 13.1 Å². The van der Waals surface area contributed by atoms with Crippen molar-refractivity contribution in [2.75, 3.05) is 17.4 Å². The minimum Gasteiger partial charge on any atom is -0.354 e. The van der Waals surface area contributed by atoms with Gasteiger partial charge >= 0.3 is 0 Å². The number of amides is 2. The van der Waals surface area contributed by atoms with Gasteiger partial charge in [-0.25, -0.2) is 12.8 Å². The maximum Gasteiger partial charge on any atom is 0.264 e. The summed E-state index contributed by atoms with van der Waals surface area (Å²) in [5.41, 5.74) is 1.83. The zero-order valence-electron chi connectivity index (χ0n) is 22.6. The van der Waals surface area contributed by atoms with Gasteiger partial charge in [0.15, 0.2) is 0 Å². The van der Waals surface area contributed by atoms with Crippen LogP contribution in [-0.4, -0.2) is 44.3 Å². The van der Waals surface area contributed by atoms with Gasteiger partial charge in [0.2, 0.25) is 11.8 Å². The van der Waals surface area contributed by atoms with Crippen LogP contribution in [0.15, 0.2) is 83.8 Å². The summed E-state index contributed by atoms with van der Waals surface area (Å²) in [5.74, 6) is -1.36. The van der Waals surface area contributed by atoms with E-state index in [4.69, 9.17) is 0 Å². The number of benzene rings is 3. The first-order chi connectivity index (χ1) is 18.7. The molecule has 2 amide bonds. The highest BCUT2D eigenvalue weighted by molar-refractivity contribution is 7.92. The molecule has 3 aromatic carbocycles. The topological polar surface area (TPSA) is 86.8 Å². The SMILES string of the molecule is CCCCNC(=O)C(CC)N(Cc1ccccc1)C(=O)CN(c1ccc(F)cc1)S(=O)(=O)c1ccc(C)cc1. The number of nitrogens with one attached hydrogen (secondary N) is 1. The van der Waals surface area contributed by atoms with Gasteiger partial charge in [-0.15, -0.1) is 0 Å². The zero-order chi connectivity index (χ0) is 28.4. The second-order valence-corrected chi connectivity index (χ2v) is 11.2. The number of nitrogens with zero attached hydrogens (tertiary/aromatic N) is 2. The smallest absolute Gasteiger partial charge is 0.264 e. The van der Waals surface area contributed by atoms with Gasteiger partial charge in [0.25, 0.3) is 10.0 Å². The number of carbonyl (C=O) groups excluding carboxylic acids is 2. The second kappa shape index (κ2) is 13.9. The molecule has 1 atom stereocenters. The Labute approximate surface area is 230 Å².